The lowest BCUT2D eigenvalue weighted by atomic mass is 9.99. The van der Waals surface area contributed by atoms with Gasteiger partial charge in [0.05, 0.1) is 6.10 Å². The minimum atomic E-state index is -0.353. The number of hydrogen-bond donors (Lipinski definition) is 1. The summed E-state index contributed by atoms with van der Waals surface area (Å²) in [7, 11) is 0. The van der Waals surface area contributed by atoms with Gasteiger partial charge in [-0.3, -0.25) is 0 Å². The monoisotopic (exact) mass is 286 g/mol. The molecule has 1 atom stereocenters. The smallest absolute Gasteiger partial charge is 0.0619 e. The van der Waals surface area contributed by atoms with Crippen molar-refractivity contribution < 1.29 is 5.11 Å². The van der Waals surface area contributed by atoms with Crippen molar-refractivity contribution >= 4 is 23.2 Å². The van der Waals surface area contributed by atoms with E-state index >= 15 is 0 Å². The molecule has 1 N–H and O–H groups in total. The summed E-state index contributed by atoms with van der Waals surface area (Å²) in [6.07, 6.45) is 0.238. The zero-order valence-corrected chi connectivity index (χ0v) is 12.8. The van der Waals surface area contributed by atoms with E-state index in [4.69, 9.17) is 23.2 Å². The Labute approximate surface area is 119 Å². The number of benzene rings is 1. The highest BCUT2D eigenvalue weighted by Crippen LogP contribution is 2.69. The number of hydrogen-bond acceptors (Lipinski definition) is 1. The van der Waals surface area contributed by atoms with Crippen LogP contribution in [0, 0.1) is 16.7 Å². The highest BCUT2D eigenvalue weighted by atomic mass is 35.5. The van der Waals surface area contributed by atoms with E-state index in [9.17, 15) is 5.11 Å². The minimum Gasteiger partial charge on any atom is -0.392 e. The summed E-state index contributed by atoms with van der Waals surface area (Å²) < 4.78 is 0. The van der Waals surface area contributed by atoms with Gasteiger partial charge < -0.3 is 5.11 Å². The largest absolute Gasteiger partial charge is 0.392 e. The van der Waals surface area contributed by atoms with Crippen LogP contribution in [0.15, 0.2) is 18.2 Å². The molecule has 3 heteroatoms. The number of aliphatic hydroxyl groups is 1. The summed E-state index contributed by atoms with van der Waals surface area (Å²) in [4.78, 5) is 0. The Balaban J connectivity index is 2.12. The Hall–Kier alpha value is -0.240. The lowest BCUT2D eigenvalue weighted by molar-refractivity contribution is 0.129. The van der Waals surface area contributed by atoms with Gasteiger partial charge in [0.1, 0.15) is 0 Å². The van der Waals surface area contributed by atoms with Gasteiger partial charge in [0.2, 0.25) is 0 Å². The second-order valence-corrected chi connectivity index (χ2v) is 7.27. The van der Waals surface area contributed by atoms with Crippen LogP contribution in [0.1, 0.15) is 33.3 Å². The van der Waals surface area contributed by atoms with Crippen LogP contribution < -0.4 is 0 Å². The van der Waals surface area contributed by atoms with Gasteiger partial charge in [-0.15, -0.1) is 0 Å². The fraction of sp³-hybridized carbons (Fsp3) is 0.600. The van der Waals surface area contributed by atoms with Gasteiger partial charge in [0, 0.05) is 16.5 Å². The van der Waals surface area contributed by atoms with Crippen LogP contribution in [0.25, 0.3) is 0 Å². The predicted octanol–water partition coefficient (Wildman–Crippen LogP) is 4.58. The summed E-state index contributed by atoms with van der Waals surface area (Å²) >= 11 is 12.0. The maximum Gasteiger partial charge on any atom is 0.0619 e. The lowest BCUT2D eigenvalue weighted by Gasteiger charge is -2.14. The molecule has 1 nitrogen and oxygen atoms in total. The van der Waals surface area contributed by atoms with Crippen molar-refractivity contribution in [1.82, 2.24) is 0 Å². The second-order valence-electron chi connectivity index (χ2n) is 6.43. The van der Waals surface area contributed by atoms with E-state index in [0.29, 0.717) is 22.4 Å². The Morgan fingerprint density at radius 1 is 1.17 bits per heavy atom. The van der Waals surface area contributed by atoms with Gasteiger partial charge in [-0.05, 0) is 34.4 Å². The molecule has 2 rings (SSSR count). The molecule has 0 aliphatic heterocycles. The number of aliphatic hydroxyl groups excluding tert-OH is 1. The van der Waals surface area contributed by atoms with Crippen LogP contribution in [0.3, 0.4) is 0 Å². The van der Waals surface area contributed by atoms with Crippen LogP contribution in [-0.4, -0.2) is 11.2 Å². The summed E-state index contributed by atoms with van der Waals surface area (Å²) in [5.74, 6) is 0.316. The number of rotatable bonds is 3. The Morgan fingerprint density at radius 2 is 1.72 bits per heavy atom. The van der Waals surface area contributed by atoms with Crippen LogP contribution >= 0.6 is 23.2 Å². The van der Waals surface area contributed by atoms with Crippen molar-refractivity contribution in [3.8, 4) is 0 Å². The quantitative estimate of drug-likeness (QED) is 0.862. The van der Waals surface area contributed by atoms with E-state index < -0.39 is 0 Å². The topological polar surface area (TPSA) is 20.2 Å². The Bertz CT molecular complexity index is 452. The van der Waals surface area contributed by atoms with Crippen molar-refractivity contribution in [3.63, 3.8) is 0 Å². The molecule has 1 fully saturated rings. The Morgan fingerprint density at radius 3 is 2.17 bits per heavy atom. The highest BCUT2D eigenvalue weighted by Gasteiger charge is 2.66. The maximum absolute atomic E-state index is 10.4. The molecule has 0 radical (unpaired) electrons. The zero-order valence-electron chi connectivity index (χ0n) is 11.3. The zero-order chi connectivity index (χ0) is 13.7. The molecule has 1 aliphatic carbocycles. The molecule has 0 heterocycles. The van der Waals surface area contributed by atoms with Crippen molar-refractivity contribution in [2.24, 2.45) is 16.7 Å². The molecule has 0 saturated heterocycles. The van der Waals surface area contributed by atoms with Gasteiger partial charge in [-0.1, -0.05) is 57.0 Å². The van der Waals surface area contributed by atoms with E-state index in [0.717, 1.165) is 5.56 Å². The van der Waals surface area contributed by atoms with Crippen LogP contribution in [0.5, 0.6) is 0 Å². The third-order valence-electron chi connectivity index (χ3n) is 4.96. The van der Waals surface area contributed by atoms with Crippen LogP contribution in [-0.2, 0) is 6.42 Å². The molecule has 1 aromatic carbocycles. The summed E-state index contributed by atoms with van der Waals surface area (Å²) in [5, 5.41) is 11.7. The van der Waals surface area contributed by atoms with E-state index in [2.05, 4.69) is 27.7 Å². The standard InChI is InChI=1S/C15H20Cl2O/c1-14(2)13(15(14,3)4)12(18)7-9-5-6-10(16)8-11(9)17/h5-6,8,12-13,18H,7H2,1-4H3. The minimum absolute atomic E-state index is 0.186. The molecule has 0 spiro atoms. The van der Waals surface area contributed by atoms with Crippen molar-refractivity contribution in [2.45, 2.75) is 40.2 Å². The molecule has 1 aliphatic rings. The van der Waals surface area contributed by atoms with Gasteiger partial charge >= 0.3 is 0 Å². The van der Waals surface area contributed by atoms with Gasteiger partial charge in [-0.2, -0.15) is 0 Å². The van der Waals surface area contributed by atoms with Crippen molar-refractivity contribution in [3.05, 3.63) is 33.8 Å². The first-order valence-electron chi connectivity index (χ1n) is 6.30. The van der Waals surface area contributed by atoms with Crippen LogP contribution in [0.4, 0.5) is 0 Å². The van der Waals surface area contributed by atoms with Crippen molar-refractivity contribution in [1.29, 1.82) is 0 Å². The molecule has 0 amide bonds. The van der Waals surface area contributed by atoms with E-state index in [1.807, 2.05) is 12.1 Å². The van der Waals surface area contributed by atoms with Gasteiger partial charge in [0.15, 0.2) is 0 Å². The SMILES string of the molecule is CC1(C)C(C(O)Cc2ccc(Cl)cc2Cl)C1(C)C. The second kappa shape index (κ2) is 4.40. The normalized spacial score (nSPS) is 22.8. The molecular weight excluding hydrogens is 267 g/mol. The molecule has 1 aromatic rings. The maximum atomic E-state index is 10.4. The molecular formula is C15H20Cl2O. The first kappa shape index (κ1) is 14.2. The predicted molar refractivity (Wildman–Crippen MR) is 77.2 cm³/mol. The molecule has 18 heavy (non-hydrogen) atoms. The average Bonchev–Trinajstić information content (AvgIpc) is 2.62. The summed E-state index contributed by atoms with van der Waals surface area (Å²) in [5.41, 5.74) is 1.34. The third-order valence-corrected chi connectivity index (χ3v) is 5.55. The first-order chi connectivity index (χ1) is 8.18. The fourth-order valence-electron chi connectivity index (χ4n) is 3.24. The van der Waals surface area contributed by atoms with Gasteiger partial charge in [0.25, 0.3) is 0 Å². The third kappa shape index (κ3) is 2.17. The molecule has 1 unspecified atom stereocenters. The van der Waals surface area contributed by atoms with E-state index in [-0.39, 0.29) is 16.9 Å². The average molecular weight is 287 g/mol. The molecule has 0 aromatic heterocycles. The highest BCUT2D eigenvalue weighted by molar-refractivity contribution is 6.35. The lowest BCUT2D eigenvalue weighted by Crippen LogP contribution is -2.17. The van der Waals surface area contributed by atoms with Gasteiger partial charge in [-0.25, -0.2) is 0 Å². The Kier molecular flexibility index (Phi) is 3.46. The van der Waals surface area contributed by atoms with E-state index in [1.54, 1.807) is 6.07 Å². The van der Waals surface area contributed by atoms with Crippen molar-refractivity contribution in [2.75, 3.05) is 0 Å². The first-order valence-corrected chi connectivity index (χ1v) is 7.05. The van der Waals surface area contributed by atoms with E-state index in [1.165, 1.54) is 0 Å². The van der Waals surface area contributed by atoms with Crippen LogP contribution in [0.2, 0.25) is 10.0 Å². The fourth-order valence-corrected chi connectivity index (χ4v) is 3.73. The summed E-state index contributed by atoms with van der Waals surface area (Å²) in [6.45, 7) is 8.85. The molecule has 1 saturated carbocycles. The number of halogens is 2. The molecule has 0 bridgehead atoms. The molecule has 100 valence electrons. The summed E-state index contributed by atoms with van der Waals surface area (Å²) in [6, 6.07) is 5.45.